The molecule has 2 N–H and O–H groups in total. The quantitative estimate of drug-likeness (QED) is 0.874. The summed E-state index contributed by atoms with van der Waals surface area (Å²) in [5.74, 6) is 0.777. The Bertz CT molecular complexity index is 424. The maximum absolute atomic E-state index is 6.29. The topological polar surface area (TPSA) is 64.3 Å². The largest absolute Gasteiger partial charge is 0.467 e. The molecule has 0 atom stereocenters. The van der Waals surface area contributed by atoms with Crippen LogP contribution in [0.25, 0.3) is 0 Å². The number of methoxy groups -OCH3 is 1. The first-order valence-corrected chi connectivity index (χ1v) is 7.67. The highest BCUT2D eigenvalue weighted by atomic mass is 35.5. The van der Waals surface area contributed by atoms with E-state index < -0.39 is 0 Å². The Kier molecular flexibility index (Phi) is 5.86. The number of hydrogen-bond donors (Lipinski definition) is 1. The smallest absolute Gasteiger partial charge is 0.318 e. The fourth-order valence-corrected chi connectivity index (χ4v) is 2.96. The van der Waals surface area contributed by atoms with E-state index in [2.05, 4.69) is 14.9 Å². The predicted octanol–water partition coefficient (Wildman–Crippen LogP) is 2.63. The lowest BCUT2D eigenvalue weighted by molar-refractivity contribution is 0.376. The van der Waals surface area contributed by atoms with Crippen molar-refractivity contribution >= 4 is 17.4 Å². The number of hydrogen-bond acceptors (Lipinski definition) is 5. The van der Waals surface area contributed by atoms with E-state index in [4.69, 9.17) is 22.1 Å². The van der Waals surface area contributed by atoms with Crippen LogP contribution in [-0.4, -0.2) is 36.2 Å². The maximum Gasteiger partial charge on any atom is 0.318 e. The van der Waals surface area contributed by atoms with Gasteiger partial charge in [0.05, 0.1) is 13.3 Å². The Morgan fingerprint density at radius 2 is 2.15 bits per heavy atom. The van der Waals surface area contributed by atoms with Gasteiger partial charge < -0.3 is 15.4 Å². The highest BCUT2D eigenvalue weighted by Crippen LogP contribution is 2.31. The van der Waals surface area contributed by atoms with Crippen LogP contribution < -0.4 is 15.4 Å². The van der Waals surface area contributed by atoms with Crippen LogP contribution in [0.5, 0.6) is 6.01 Å². The number of nitrogens with two attached hydrogens (primary N) is 1. The first kappa shape index (κ1) is 15.3. The Balaban J connectivity index is 2.24. The minimum absolute atomic E-state index is 0.359. The standard InChI is InChI=1S/C14H23ClN4O/c1-20-14-17-10-12(15)13(18-14)19(9-5-8-16)11-6-3-2-4-7-11/h10-11H,2-9,16H2,1H3. The molecule has 0 radical (unpaired) electrons. The van der Waals surface area contributed by atoms with E-state index in [1.807, 2.05) is 0 Å². The lowest BCUT2D eigenvalue weighted by atomic mass is 9.94. The first-order chi connectivity index (χ1) is 9.76. The van der Waals surface area contributed by atoms with Gasteiger partial charge in [-0.2, -0.15) is 4.98 Å². The van der Waals surface area contributed by atoms with Gasteiger partial charge in [0.2, 0.25) is 0 Å². The predicted molar refractivity (Wildman–Crippen MR) is 81.5 cm³/mol. The molecule has 0 aliphatic heterocycles. The Morgan fingerprint density at radius 3 is 2.80 bits per heavy atom. The summed E-state index contributed by atoms with van der Waals surface area (Å²) in [4.78, 5) is 10.8. The van der Waals surface area contributed by atoms with Crippen molar-refractivity contribution in [3.63, 3.8) is 0 Å². The molecule has 0 spiro atoms. The molecule has 0 unspecified atom stereocenters. The van der Waals surface area contributed by atoms with Crippen LogP contribution >= 0.6 is 11.6 Å². The van der Waals surface area contributed by atoms with Gasteiger partial charge in [-0.15, -0.1) is 0 Å². The molecule has 1 aromatic rings. The third-order valence-electron chi connectivity index (χ3n) is 3.78. The van der Waals surface area contributed by atoms with Crippen molar-refractivity contribution < 1.29 is 4.74 Å². The van der Waals surface area contributed by atoms with E-state index >= 15 is 0 Å². The monoisotopic (exact) mass is 298 g/mol. The number of nitrogens with zero attached hydrogens (tertiary/aromatic N) is 3. The summed E-state index contributed by atoms with van der Waals surface area (Å²) in [6.45, 7) is 1.55. The molecule has 1 saturated carbocycles. The second-order valence-electron chi connectivity index (χ2n) is 5.16. The van der Waals surface area contributed by atoms with Crippen LogP contribution in [-0.2, 0) is 0 Å². The van der Waals surface area contributed by atoms with Crippen molar-refractivity contribution in [1.29, 1.82) is 0 Å². The lowest BCUT2D eigenvalue weighted by Crippen LogP contribution is -2.39. The van der Waals surface area contributed by atoms with Crippen molar-refractivity contribution in [2.45, 2.75) is 44.6 Å². The summed E-state index contributed by atoms with van der Waals surface area (Å²) in [5, 5.41) is 0.577. The number of aromatic nitrogens is 2. The molecular formula is C14H23ClN4O. The van der Waals surface area contributed by atoms with Crippen LogP contribution in [0.4, 0.5) is 5.82 Å². The molecule has 0 saturated heterocycles. The lowest BCUT2D eigenvalue weighted by Gasteiger charge is -2.35. The van der Waals surface area contributed by atoms with Gasteiger partial charge in [-0.05, 0) is 25.8 Å². The molecule has 2 rings (SSSR count). The molecule has 5 nitrogen and oxygen atoms in total. The molecule has 1 heterocycles. The molecule has 1 fully saturated rings. The second kappa shape index (κ2) is 7.64. The van der Waals surface area contributed by atoms with Crippen LogP contribution in [0.15, 0.2) is 6.20 Å². The third-order valence-corrected chi connectivity index (χ3v) is 4.04. The zero-order valence-electron chi connectivity index (χ0n) is 12.0. The van der Waals surface area contributed by atoms with Crippen LogP contribution in [0.2, 0.25) is 5.02 Å². The maximum atomic E-state index is 6.29. The molecule has 1 aromatic heterocycles. The van der Waals surface area contributed by atoms with Gasteiger partial charge in [-0.3, -0.25) is 0 Å². The molecule has 1 aliphatic carbocycles. The highest BCUT2D eigenvalue weighted by molar-refractivity contribution is 6.32. The van der Waals surface area contributed by atoms with Crippen molar-refractivity contribution in [1.82, 2.24) is 9.97 Å². The van der Waals surface area contributed by atoms with E-state index in [0.717, 1.165) is 18.8 Å². The van der Waals surface area contributed by atoms with Gasteiger partial charge in [-0.1, -0.05) is 30.9 Å². The van der Waals surface area contributed by atoms with Crippen LogP contribution in [0.1, 0.15) is 38.5 Å². The van der Waals surface area contributed by atoms with E-state index in [1.165, 1.54) is 32.1 Å². The summed E-state index contributed by atoms with van der Waals surface area (Å²) in [6, 6.07) is 0.852. The Morgan fingerprint density at radius 1 is 1.40 bits per heavy atom. The summed E-state index contributed by atoms with van der Waals surface area (Å²) in [6.07, 6.45) is 8.77. The van der Waals surface area contributed by atoms with Crippen molar-refractivity contribution in [3.05, 3.63) is 11.2 Å². The number of ether oxygens (including phenoxy) is 1. The molecule has 1 aliphatic rings. The van der Waals surface area contributed by atoms with Gasteiger partial charge in [0, 0.05) is 12.6 Å². The van der Waals surface area contributed by atoms with E-state index in [0.29, 0.717) is 23.6 Å². The van der Waals surface area contributed by atoms with Crippen molar-refractivity contribution in [3.8, 4) is 6.01 Å². The summed E-state index contributed by atoms with van der Waals surface area (Å²) >= 11 is 6.29. The normalized spacial score (nSPS) is 16.1. The van der Waals surface area contributed by atoms with Crippen molar-refractivity contribution in [2.24, 2.45) is 5.73 Å². The molecule has 0 aromatic carbocycles. The molecule has 6 heteroatoms. The van der Waals surface area contributed by atoms with E-state index in [-0.39, 0.29) is 0 Å². The number of anilines is 1. The molecule has 112 valence electrons. The van der Waals surface area contributed by atoms with E-state index in [9.17, 15) is 0 Å². The fourth-order valence-electron chi connectivity index (χ4n) is 2.76. The fraction of sp³-hybridized carbons (Fsp3) is 0.714. The minimum Gasteiger partial charge on any atom is -0.467 e. The van der Waals surface area contributed by atoms with Crippen LogP contribution in [0, 0.1) is 0 Å². The van der Waals surface area contributed by atoms with Crippen LogP contribution in [0.3, 0.4) is 0 Å². The van der Waals surface area contributed by atoms with Gasteiger partial charge in [0.25, 0.3) is 0 Å². The zero-order valence-corrected chi connectivity index (χ0v) is 12.8. The molecular weight excluding hydrogens is 276 g/mol. The summed E-state index contributed by atoms with van der Waals surface area (Å²) in [7, 11) is 1.57. The van der Waals surface area contributed by atoms with Gasteiger partial charge >= 0.3 is 6.01 Å². The highest BCUT2D eigenvalue weighted by Gasteiger charge is 2.24. The van der Waals surface area contributed by atoms with Gasteiger partial charge in [-0.25, -0.2) is 4.98 Å². The molecule has 0 bridgehead atoms. The zero-order chi connectivity index (χ0) is 14.4. The van der Waals surface area contributed by atoms with E-state index in [1.54, 1.807) is 13.3 Å². The Labute approximate surface area is 125 Å². The SMILES string of the molecule is COc1ncc(Cl)c(N(CCCN)C2CCCCC2)n1. The molecule has 20 heavy (non-hydrogen) atoms. The van der Waals surface area contributed by atoms with Gasteiger partial charge in [0.1, 0.15) is 5.02 Å². The summed E-state index contributed by atoms with van der Waals surface area (Å²) < 4.78 is 5.12. The number of rotatable bonds is 6. The summed E-state index contributed by atoms with van der Waals surface area (Å²) in [5.41, 5.74) is 5.66. The first-order valence-electron chi connectivity index (χ1n) is 7.29. The van der Waals surface area contributed by atoms with Crippen molar-refractivity contribution in [2.75, 3.05) is 25.1 Å². The Hall–Kier alpha value is -1.07. The number of halogens is 1. The van der Waals surface area contributed by atoms with Gasteiger partial charge in [0.15, 0.2) is 5.82 Å². The second-order valence-corrected chi connectivity index (χ2v) is 5.56. The molecule has 0 amide bonds. The third kappa shape index (κ3) is 3.73. The minimum atomic E-state index is 0.359. The average Bonchev–Trinajstić information content (AvgIpc) is 2.50. The average molecular weight is 299 g/mol.